The smallest absolute Gasteiger partial charge is 0.258 e. The summed E-state index contributed by atoms with van der Waals surface area (Å²) in [6, 6.07) is 5.93. The van der Waals surface area contributed by atoms with E-state index >= 15 is 0 Å². The molecule has 0 aromatic heterocycles. The van der Waals surface area contributed by atoms with Gasteiger partial charge in [-0.25, -0.2) is 4.39 Å². The van der Waals surface area contributed by atoms with Gasteiger partial charge in [-0.3, -0.25) is 4.79 Å². The van der Waals surface area contributed by atoms with E-state index in [1.54, 1.807) is 12.1 Å². The number of rotatable bonds is 4. The van der Waals surface area contributed by atoms with Gasteiger partial charge in [0.05, 0.1) is 0 Å². The van der Waals surface area contributed by atoms with Crippen molar-refractivity contribution in [2.45, 2.75) is 18.9 Å². The molecule has 0 radical (unpaired) electrons. The monoisotopic (exact) mass is 252 g/mol. The zero-order valence-electron chi connectivity index (χ0n) is 10.1. The van der Waals surface area contributed by atoms with Crippen LogP contribution in [0.3, 0.4) is 0 Å². The van der Waals surface area contributed by atoms with Crippen molar-refractivity contribution < 1.29 is 13.9 Å². The Kier molecular flexibility index (Phi) is 4.52. The number of nitrogens with one attached hydrogen (secondary N) is 2. The summed E-state index contributed by atoms with van der Waals surface area (Å²) in [7, 11) is 0. The number of piperidine rings is 1. The third kappa shape index (κ3) is 4.00. The van der Waals surface area contributed by atoms with Gasteiger partial charge in [-0.05, 0) is 31.5 Å². The molecule has 1 aliphatic heterocycles. The van der Waals surface area contributed by atoms with Crippen LogP contribution < -0.4 is 15.4 Å². The minimum absolute atomic E-state index is 0.0834. The van der Waals surface area contributed by atoms with Gasteiger partial charge in [-0.2, -0.15) is 0 Å². The normalized spacial score (nSPS) is 19.3. The Morgan fingerprint density at radius 1 is 1.56 bits per heavy atom. The number of ether oxygens (including phenoxy) is 1. The Balaban J connectivity index is 1.74. The maximum atomic E-state index is 12.9. The number of carbonyl (C=O) groups is 1. The Morgan fingerprint density at radius 3 is 3.17 bits per heavy atom. The molecule has 1 heterocycles. The maximum Gasteiger partial charge on any atom is 0.258 e. The number of hydrogen-bond acceptors (Lipinski definition) is 3. The van der Waals surface area contributed by atoms with Crippen LogP contribution in [-0.4, -0.2) is 31.6 Å². The molecule has 18 heavy (non-hydrogen) atoms. The fourth-order valence-electron chi connectivity index (χ4n) is 1.95. The van der Waals surface area contributed by atoms with Crippen LogP contribution in [-0.2, 0) is 4.79 Å². The first-order valence-electron chi connectivity index (χ1n) is 6.12. The summed E-state index contributed by atoms with van der Waals surface area (Å²) in [5.74, 6) is -0.177. The van der Waals surface area contributed by atoms with Crippen molar-refractivity contribution in [3.8, 4) is 5.75 Å². The highest BCUT2D eigenvalue weighted by Gasteiger charge is 2.15. The topological polar surface area (TPSA) is 50.4 Å². The van der Waals surface area contributed by atoms with Crippen molar-refractivity contribution in [2.24, 2.45) is 0 Å². The minimum atomic E-state index is -0.371. The highest BCUT2D eigenvalue weighted by Crippen LogP contribution is 2.11. The lowest BCUT2D eigenvalue weighted by Gasteiger charge is -2.23. The molecule has 1 aromatic rings. The molecule has 0 saturated carbocycles. The second-order valence-electron chi connectivity index (χ2n) is 4.36. The Morgan fingerprint density at radius 2 is 2.44 bits per heavy atom. The fourth-order valence-corrected chi connectivity index (χ4v) is 1.95. The van der Waals surface area contributed by atoms with E-state index < -0.39 is 0 Å². The molecule has 5 heteroatoms. The van der Waals surface area contributed by atoms with Gasteiger partial charge in [0.15, 0.2) is 6.61 Å². The van der Waals surface area contributed by atoms with Gasteiger partial charge < -0.3 is 15.4 Å². The lowest BCUT2D eigenvalue weighted by molar-refractivity contribution is -0.123. The Labute approximate surface area is 106 Å². The van der Waals surface area contributed by atoms with E-state index in [1.807, 2.05) is 0 Å². The fraction of sp³-hybridized carbons (Fsp3) is 0.462. The average Bonchev–Trinajstić information content (AvgIpc) is 2.38. The molecule has 0 unspecified atom stereocenters. The standard InChI is InChI=1S/C13H17FN2O2/c14-10-3-1-5-12(7-10)18-9-13(17)16-11-4-2-6-15-8-11/h1,3,5,7,11,15H,2,4,6,8-9H2,(H,16,17)/t11-/m0/s1. The molecule has 1 aliphatic rings. The van der Waals surface area contributed by atoms with Crippen molar-refractivity contribution in [2.75, 3.05) is 19.7 Å². The van der Waals surface area contributed by atoms with Crippen LogP contribution in [0, 0.1) is 5.82 Å². The predicted octanol–water partition coefficient (Wildman–Crippen LogP) is 1.07. The lowest BCUT2D eigenvalue weighted by Crippen LogP contribution is -2.46. The number of carbonyl (C=O) groups excluding carboxylic acids is 1. The summed E-state index contributed by atoms with van der Waals surface area (Å²) >= 11 is 0. The third-order valence-corrected chi connectivity index (χ3v) is 2.83. The molecule has 1 saturated heterocycles. The van der Waals surface area contributed by atoms with Gasteiger partial charge in [0.2, 0.25) is 0 Å². The van der Waals surface area contributed by atoms with Gasteiger partial charge in [-0.15, -0.1) is 0 Å². The zero-order valence-corrected chi connectivity index (χ0v) is 10.1. The molecule has 1 atom stereocenters. The van der Waals surface area contributed by atoms with E-state index in [2.05, 4.69) is 10.6 Å². The second kappa shape index (κ2) is 6.35. The Hall–Kier alpha value is -1.62. The molecule has 0 bridgehead atoms. The Bertz CT molecular complexity index is 406. The second-order valence-corrected chi connectivity index (χ2v) is 4.36. The van der Waals surface area contributed by atoms with E-state index in [9.17, 15) is 9.18 Å². The van der Waals surface area contributed by atoms with Crippen LogP contribution in [0.4, 0.5) is 4.39 Å². The number of hydrogen-bond donors (Lipinski definition) is 2. The summed E-state index contributed by atoms with van der Waals surface area (Å²) in [5.41, 5.74) is 0. The lowest BCUT2D eigenvalue weighted by atomic mass is 10.1. The molecule has 2 N–H and O–H groups in total. The third-order valence-electron chi connectivity index (χ3n) is 2.83. The number of benzene rings is 1. The highest BCUT2D eigenvalue weighted by molar-refractivity contribution is 5.77. The van der Waals surface area contributed by atoms with E-state index in [0.717, 1.165) is 25.9 Å². The van der Waals surface area contributed by atoms with E-state index in [1.165, 1.54) is 12.1 Å². The highest BCUT2D eigenvalue weighted by atomic mass is 19.1. The van der Waals surface area contributed by atoms with Crippen LogP contribution in [0.25, 0.3) is 0 Å². The molecular formula is C13H17FN2O2. The molecule has 0 aliphatic carbocycles. The van der Waals surface area contributed by atoms with E-state index in [0.29, 0.717) is 5.75 Å². The molecule has 2 rings (SSSR count). The van der Waals surface area contributed by atoms with Crippen molar-refractivity contribution in [3.63, 3.8) is 0 Å². The first-order valence-corrected chi connectivity index (χ1v) is 6.12. The summed E-state index contributed by atoms with van der Waals surface area (Å²) in [6.45, 7) is 1.72. The minimum Gasteiger partial charge on any atom is -0.484 e. The molecule has 98 valence electrons. The van der Waals surface area contributed by atoms with Crippen molar-refractivity contribution in [1.82, 2.24) is 10.6 Å². The predicted molar refractivity (Wildman–Crippen MR) is 65.9 cm³/mol. The molecule has 0 spiro atoms. The van der Waals surface area contributed by atoms with Crippen LogP contribution in [0.5, 0.6) is 5.75 Å². The van der Waals surface area contributed by atoms with Crippen LogP contribution in [0.2, 0.25) is 0 Å². The number of halogens is 1. The van der Waals surface area contributed by atoms with Crippen molar-refractivity contribution in [1.29, 1.82) is 0 Å². The van der Waals surface area contributed by atoms with Crippen LogP contribution in [0.15, 0.2) is 24.3 Å². The first kappa shape index (κ1) is 12.8. The summed E-state index contributed by atoms with van der Waals surface area (Å²) in [5, 5.41) is 6.10. The van der Waals surface area contributed by atoms with Crippen molar-refractivity contribution in [3.05, 3.63) is 30.1 Å². The summed E-state index contributed by atoms with van der Waals surface area (Å²) in [4.78, 5) is 11.6. The zero-order chi connectivity index (χ0) is 12.8. The van der Waals surface area contributed by atoms with Crippen LogP contribution in [0.1, 0.15) is 12.8 Å². The van der Waals surface area contributed by atoms with Crippen molar-refractivity contribution >= 4 is 5.91 Å². The van der Waals surface area contributed by atoms with Gasteiger partial charge in [0, 0.05) is 18.7 Å². The quantitative estimate of drug-likeness (QED) is 0.843. The molecule has 1 fully saturated rings. The number of amides is 1. The SMILES string of the molecule is O=C(COc1cccc(F)c1)N[C@H]1CCCNC1. The average molecular weight is 252 g/mol. The summed E-state index contributed by atoms with van der Waals surface area (Å²) < 4.78 is 18.1. The van der Waals surface area contributed by atoms with Gasteiger partial charge in [0.25, 0.3) is 5.91 Å². The van der Waals surface area contributed by atoms with E-state index in [4.69, 9.17) is 4.74 Å². The van der Waals surface area contributed by atoms with Crippen LogP contribution >= 0.6 is 0 Å². The van der Waals surface area contributed by atoms with Gasteiger partial charge in [0.1, 0.15) is 11.6 Å². The molecule has 4 nitrogen and oxygen atoms in total. The molecular weight excluding hydrogens is 235 g/mol. The first-order chi connectivity index (χ1) is 8.74. The molecule has 1 amide bonds. The maximum absolute atomic E-state index is 12.9. The van der Waals surface area contributed by atoms with E-state index in [-0.39, 0.29) is 24.4 Å². The molecule has 1 aromatic carbocycles. The summed E-state index contributed by atoms with van der Waals surface area (Å²) in [6.07, 6.45) is 2.05. The van der Waals surface area contributed by atoms with Gasteiger partial charge >= 0.3 is 0 Å². The largest absolute Gasteiger partial charge is 0.484 e. The van der Waals surface area contributed by atoms with Gasteiger partial charge in [-0.1, -0.05) is 6.07 Å².